The minimum Gasteiger partial charge on any atom is -0.394 e. The Bertz CT molecular complexity index is 1250. The van der Waals surface area contributed by atoms with Crippen molar-refractivity contribution in [2.45, 2.75) is 272 Å². The molecular formula is C48H91NO18. The van der Waals surface area contributed by atoms with E-state index in [0.29, 0.717) is 12.8 Å². The molecule has 17 unspecified atom stereocenters. The number of aliphatic hydroxyl groups excluding tert-OH is 11. The molecule has 3 heterocycles. The standard InChI is InChI=1S/C48H91NO18/c1-3-5-7-9-11-13-14-15-16-17-18-19-21-23-25-32(53)31(49-36(54)26-24-22-20-12-10-8-6-4-2)30-62-46-42(60)39(57)44(34(28-51)64-46)67-48-43(61)40(58)45(35(29-52)65-48)66-47-41(59)38(56)37(55)33(27-50)63-47/h31-35,37-48,50-53,55-61H,3-30H2,1-2H3,(H,49,54). The third-order valence-corrected chi connectivity index (χ3v) is 13.4. The molecule has 12 N–H and O–H groups in total. The van der Waals surface area contributed by atoms with Gasteiger partial charge in [-0.15, -0.1) is 0 Å². The van der Waals surface area contributed by atoms with Crippen LogP contribution in [0.25, 0.3) is 0 Å². The average Bonchev–Trinajstić information content (AvgIpc) is 3.32. The molecule has 3 fully saturated rings. The molecule has 3 aliphatic heterocycles. The smallest absolute Gasteiger partial charge is 0.220 e. The predicted molar refractivity (Wildman–Crippen MR) is 245 cm³/mol. The van der Waals surface area contributed by atoms with Gasteiger partial charge in [-0.1, -0.05) is 149 Å². The Morgan fingerprint density at radius 2 is 0.851 bits per heavy atom. The summed E-state index contributed by atoms with van der Waals surface area (Å²) >= 11 is 0. The van der Waals surface area contributed by atoms with Crippen molar-refractivity contribution in [3.8, 4) is 0 Å². The molecule has 19 nitrogen and oxygen atoms in total. The maximum Gasteiger partial charge on any atom is 0.220 e. The summed E-state index contributed by atoms with van der Waals surface area (Å²) in [6.07, 6.45) is -0.551. The van der Waals surface area contributed by atoms with E-state index in [1.165, 1.54) is 89.9 Å². The zero-order valence-electron chi connectivity index (χ0n) is 40.4. The minimum atomic E-state index is -1.97. The third-order valence-electron chi connectivity index (χ3n) is 13.4. The first-order valence-electron chi connectivity index (χ1n) is 25.8. The number of hydrogen-bond donors (Lipinski definition) is 12. The maximum absolute atomic E-state index is 13.1. The van der Waals surface area contributed by atoms with Gasteiger partial charge in [-0.3, -0.25) is 4.79 Å². The van der Waals surface area contributed by atoms with Crippen LogP contribution in [-0.4, -0.2) is 193 Å². The number of carbonyl (C=O) groups excluding carboxylic acids is 1. The van der Waals surface area contributed by atoms with Crippen LogP contribution in [0, 0.1) is 0 Å². The van der Waals surface area contributed by atoms with Crippen LogP contribution in [0.4, 0.5) is 0 Å². The highest BCUT2D eigenvalue weighted by atomic mass is 16.8. The van der Waals surface area contributed by atoms with Gasteiger partial charge >= 0.3 is 0 Å². The number of amides is 1. The van der Waals surface area contributed by atoms with Gasteiger partial charge in [-0.2, -0.15) is 0 Å². The van der Waals surface area contributed by atoms with E-state index >= 15 is 0 Å². The van der Waals surface area contributed by atoms with Gasteiger partial charge in [0.1, 0.15) is 73.2 Å². The van der Waals surface area contributed by atoms with Crippen LogP contribution in [0.5, 0.6) is 0 Å². The van der Waals surface area contributed by atoms with Crippen LogP contribution in [0.15, 0.2) is 0 Å². The van der Waals surface area contributed by atoms with Crippen molar-refractivity contribution >= 4 is 5.91 Å². The first kappa shape index (κ1) is 60.1. The van der Waals surface area contributed by atoms with E-state index in [1.54, 1.807) is 0 Å². The lowest BCUT2D eigenvalue weighted by Crippen LogP contribution is -2.66. The maximum atomic E-state index is 13.1. The van der Waals surface area contributed by atoms with Crippen molar-refractivity contribution in [1.82, 2.24) is 5.32 Å². The molecule has 0 aromatic heterocycles. The summed E-state index contributed by atoms with van der Waals surface area (Å²) in [4.78, 5) is 13.1. The fraction of sp³-hybridized carbons (Fsp3) is 0.979. The largest absolute Gasteiger partial charge is 0.394 e. The summed E-state index contributed by atoms with van der Waals surface area (Å²) in [6.45, 7) is 1.72. The van der Waals surface area contributed by atoms with Crippen molar-refractivity contribution in [1.29, 1.82) is 0 Å². The Kier molecular flexibility index (Phi) is 30.7. The summed E-state index contributed by atoms with van der Waals surface area (Å²) in [6, 6.07) is -0.876. The van der Waals surface area contributed by atoms with Gasteiger partial charge in [-0.05, 0) is 12.8 Å². The summed E-state index contributed by atoms with van der Waals surface area (Å²) in [5.74, 6) is -0.248. The first-order valence-corrected chi connectivity index (χ1v) is 25.8. The summed E-state index contributed by atoms with van der Waals surface area (Å²) < 4.78 is 34.1. The van der Waals surface area contributed by atoms with Gasteiger partial charge in [0.05, 0.1) is 38.6 Å². The van der Waals surface area contributed by atoms with Crippen LogP contribution in [0.2, 0.25) is 0 Å². The number of carbonyl (C=O) groups is 1. The highest BCUT2D eigenvalue weighted by molar-refractivity contribution is 5.76. The van der Waals surface area contributed by atoms with Crippen molar-refractivity contribution in [2.24, 2.45) is 0 Å². The van der Waals surface area contributed by atoms with E-state index in [4.69, 9.17) is 28.4 Å². The molecular weight excluding hydrogens is 879 g/mol. The molecule has 0 bridgehead atoms. The lowest BCUT2D eigenvalue weighted by molar-refractivity contribution is -0.379. The average molecular weight is 970 g/mol. The lowest BCUT2D eigenvalue weighted by atomic mass is 9.96. The van der Waals surface area contributed by atoms with Crippen LogP contribution in [-0.2, 0) is 33.2 Å². The van der Waals surface area contributed by atoms with E-state index < -0.39 is 124 Å². The normalized spacial score (nSPS) is 33.4. The van der Waals surface area contributed by atoms with Gasteiger partial charge in [0.2, 0.25) is 5.91 Å². The lowest BCUT2D eigenvalue weighted by Gasteiger charge is -2.48. The van der Waals surface area contributed by atoms with Crippen molar-refractivity contribution in [3.05, 3.63) is 0 Å². The van der Waals surface area contributed by atoms with Crippen LogP contribution < -0.4 is 5.32 Å². The number of ether oxygens (including phenoxy) is 6. The molecule has 0 saturated carbocycles. The molecule has 19 heteroatoms. The zero-order valence-corrected chi connectivity index (χ0v) is 40.4. The summed E-state index contributed by atoms with van der Waals surface area (Å²) in [5, 5.41) is 120. The fourth-order valence-corrected chi connectivity index (χ4v) is 9.08. The third kappa shape index (κ3) is 20.4. The van der Waals surface area contributed by atoms with Crippen molar-refractivity contribution in [3.63, 3.8) is 0 Å². The van der Waals surface area contributed by atoms with Gasteiger partial charge in [0.25, 0.3) is 0 Å². The molecule has 0 aromatic carbocycles. The monoisotopic (exact) mass is 970 g/mol. The first-order chi connectivity index (χ1) is 32.3. The molecule has 0 radical (unpaired) electrons. The van der Waals surface area contributed by atoms with Crippen molar-refractivity contribution in [2.75, 3.05) is 26.4 Å². The number of unbranched alkanes of at least 4 members (excludes halogenated alkanes) is 20. The Morgan fingerprint density at radius 3 is 1.30 bits per heavy atom. The van der Waals surface area contributed by atoms with Gasteiger partial charge in [-0.25, -0.2) is 0 Å². The Labute approximate surface area is 398 Å². The zero-order chi connectivity index (χ0) is 49.1. The molecule has 1 amide bonds. The summed E-state index contributed by atoms with van der Waals surface area (Å²) in [5.41, 5.74) is 0. The quantitative estimate of drug-likeness (QED) is 0.0398. The molecule has 3 aliphatic rings. The van der Waals surface area contributed by atoms with Crippen LogP contribution in [0.3, 0.4) is 0 Å². The molecule has 3 saturated heterocycles. The second-order valence-electron chi connectivity index (χ2n) is 19.0. The van der Waals surface area contributed by atoms with Gasteiger partial charge in [0, 0.05) is 6.42 Å². The number of rotatable bonds is 36. The van der Waals surface area contributed by atoms with E-state index in [0.717, 1.165) is 44.9 Å². The van der Waals surface area contributed by atoms with Gasteiger partial charge in [0.15, 0.2) is 18.9 Å². The molecule has 17 atom stereocenters. The topological polar surface area (TPSA) is 307 Å². The van der Waals surface area contributed by atoms with E-state index in [2.05, 4.69) is 19.2 Å². The highest BCUT2D eigenvalue weighted by Gasteiger charge is 2.53. The van der Waals surface area contributed by atoms with E-state index in [-0.39, 0.29) is 18.9 Å². The second-order valence-corrected chi connectivity index (χ2v) is 19.0. The Hall–Kier alpha value is -1.21. The van der Waals surface area contributed by atoms with Crippen LogP contribution in [0.1, 0.15) is 168 Å². The molecule has 67 heavy (non-hydrogen) atoms. The molecule has 0 aliphatic carbocycles. The summed E-state index contributed by atoms with van der Waals surface area (Å²) in [7, 11) is 0. The van der Waals surface area contributed by atoms with Crippen molar-refractivity contribution < 1.29 is 89.4 Å². The Balaban J connectivity index is 1.55. The van der Waals surface area contributed by atoms with Crippen LogP contribution >= 0.6 is 0 Å². The predicted octanol–water partition coefficient (Wildman–Crippen LogP) is 1.70. The Morgan fingerprint density at radius 1 is 0.478 bits per heavy atom. The SMILES string of the molecule is CCCCCCCCCCCCCCCCC(O)C(COC1OC(CO)C(OC2OC(CO)C(OC3OC(CO)C(O)C(O)C3O)C(O)C2O)C(O)C1O)NC(=O)CCCCCCCCCC. The fourth-order valence-electron chi connectivity index (χ4n) is 9.08. The number of hydrogen-bond acceptors (Lipinski definition) is 18. The number of nitrogens with one attached hydrogen (secondary N) is 1. The minimum absolute atomic E-state index is 0.248. The second kappa shape index (κ2) is 34.2. The number of aliphatic hydroxyl groups is 11. The van der Waals surface area contributed by atoms with Gasteiger partial charge < -0.3 is 89.9 Å². The molecule has 0 spiro atoms. The molecule has 396 valence electrons. The van der Waals surface area contributed by atoms with E-state index in [9.17, 15) is 61.0 Å². The molecule has 0 aromatic rings. The highest BCUT2D eigenvalue weighted by Crippen LogP contribution is 2.33. The molecule has 3 rings (SSSR count). The van der Waals surface area contributed by atoms with E-state index in [1.807, 2.05) is 0 Å².